The average Bonchev–Trinajstić information content (AvgIpc) is 2.66. The molecule has 0 aliphatic heterocycles. The third-order valence-electron chi connectivity index (χ3n) is 4.20. The number of benzene rings is 2. The van der Waals surface area contributed by atoms with Crippen LogP contribution in [-0.2, 0) is 0 Å². The number of urea groups is 1. The first-order valence-electron chi connectivity index (χ1n) is 8.93. The van der Waals surface area contributed by atoms with Crippen LogP contribution in [0.3, 0.4) is 0 Å². The Morgan fingerprint density at radius 1 is 0.929 bits per heavy atom. The highest BCUT2D eigenvalue weighted by Crippen LogP contribution is 2.21. The maximum atomic E-state index is 12.2. The maximum Gasteiger partial charge on any atom is 0.323 e. The summed E-state index contributed by atoms with van der Waals surface area (Å²) in [4.78, 5) is 14.2. The zero-order valence-electron chi connectivity index (χ0n) is 16.4. The smallest absolute Gasteiger partial charge is 0.323 e. The largest absolute Gasteiger partial charge is 0.376 e. The van der Waals surface area contributed by atoms with Gasteiger partial charge in [0, 0.05) is 37.2 Å². The van der Waals surface area contributed by atoms with Gasteiger partial charge in [0.2, 0.25) is 0 Å². The van der Waals surface area contributed by atoms with Gasteiger partial charge in [-0.2, -0.15) is 5.10 Å². The zero-order chi connectivity index (χ0) is 20.1. The van der Waals surface area contributed by atoms with Crippen LogP contribution in [0.2, 0.25) is 0 Å². The summed E-state index contributed by atoms with van der Waals surface area (Å²) in [6.07, 6.45) is 1.70. The number of hydrogen-bond acceptors (Lipinski definition) is 5. The van der Waals surface area contributed by atoms with E-state index >= 15 is 0 Å². The number of anilines is 5. The Balaban J connectivity index is 1.61. The maximum absolute atomic E-state index is 12.2. The third kappa shape index (κ3) is 4.97. The minimum Gasteiger partial charge on any atom is -0.376 e. The molecular formula is C21H24N6O. The molecule has 1 aromatic heterocycles. The molecule has 0 fully saturated rings. The van der Waals surface area contributed by atoms with Crippen molar-refractivity contribution in [1.82, 2.24) is 10.2 Å². The predicted molar refractivity (Wildman–Crippen MR) is 115 cm³/mol. The quantitative estimate of drug-likeness (QED) is 0.609. The van der Waals surface area contributed by atoms with E-state index in [1.807, 2.05) is 81.4 Å². The SMILES string of the molecule is Cc1ccc(NC(=O)Nc2ccc(Nc3cc(N(C)C)cnn3)cc2)c(C)c1. The van der Waals surface area contributed by atoms with Gasteiger partial charge in [-0.15, -0.1) is 5.10 Å². The minimum atomic E-state index is -0.280. The molecule has 7 heteroatoms. The van der Waals surface area contributed by atoms with Gasteiger partial charge in [-0.25, -0.2) is 4.79 Å². The summed E-state index contributed by atoms with van der Waals surface area (Å²) in [6, 6.07) is 14.9. The van der Waals surface area contributed by atoms with E-state index in [-0.39, 0.29) is 6.03 Å². The summed E-state index contributed by atoms with van der Waals surface area (Å²) >= 11 is 0. The second-order valence-corrected chi connectivity index (χ2v) is 6.79. The molecule has 0 saturated heterocycles. The number of aromatic nitrogens is 2. The van der Waals surface area contributed by atoms with Gasteiger partial charge in [0.05, 0.1) is 11.9 Å². The van der Waals surface area contributed by atoms with E-state index < -0.39 is 0 Å². The van der Waals surface area contributed by atoms with Gasteiger partial charge in [0.15, 0.2) is 5.82 Å². The second kappa shape index (κ2) is 8.39. The fourth-order valence-corrected chi connectivity index (χ4v) is 2.69. The minimum absolute atomic E-state index is 0.280. The van der Waals surface area contributed by atoms with Crippen molar-refractivity contribution < 1.29 is 4.79 Å². The molecule has 0 aliphatic carbocycles. The molecule has 0 bridgehead atoms. The summed E-state index contributed by atoms with van der Waals surface area (Å²) in [6.45, 7) is 3.99. The van der Waals surface area contributed by atoms with Crippen LogP contribution in [0.4, 0.5) is 33.4 Å². The average molecular weight is 376 g/mol. The molecule has 28 heavy (non-hydrogen) atoms. The van der Waals surface area contributed by atoms with Gasteiger partial charge in [-0.1, -0.05) is 17.7 Å². The van der Waals surface area contributed by atoms with Crippen molar-refractivity contribution in [3.05, 3.63) is 65.9 Å². The van der Waals surface area contributed by atoms with Crippen LogP contribution in [0.5, 0.6) is 0 Å². The molecule has 2 amide bonds. The topological polar surface area (TPSA) is 82.2 Å². The molecule has 0 unspecified atom stereocenters. The lowest BCUT2D eigenvalue weighted by Crippen LogP contribution is -2.19. The summed E-state index contributed by atoms with van der Waals surface area (Å²) in [7, 11) is 3.90. The summed E-state index contributed by atoms with van der Waals surface area (Å²) in [5.74, 6) is 0.652. The first-order chi connectivity index (χ1) is 13.4. The van der Waals surface area contributed by atoms with E-state index in [9.17, 15) is 4.79 Å². The van der Waals surface area contributed by atoms with Crippen LogP contribution < -0.4 is 20.9 Å². The molecule has 144 valence electrons. The van der Waals surface area contributed by atoms with E-state index in [1.165, 1.54) is 0 Å². The van der Waals surface area contributed by atoms with Crippen molar-refractivity contribution in [3.63, 3.8) is 0 Å². The van der Waals surface area contributed by atoms with Crippen molar-refractivity contribution in [2.75, 3.05) is 34.9 Å². The molecule has 3 rings (SSSR count). The van der Waals surface area contributed by atoms with Crippen LogP contribution in [-0.4, -0.2) is 30.3 Å². The normalized spacial score (nSPS) is 10.3. The molecule has 1 heterocycles. The number of carbonyl (C=O) groups is 1. The van der Waals surface area contributed by atoms with Crippen molar-refractivity contribution in [2.45, 2.75) is 13.8 Å². The molecule has 0 atom stereocenters. The Kier molecular flexibility index (Phi) is 5.74. The molecule has 0 spiro atoms. The number of nitrogens with zero attached hydrogens (tertiary/aromatic N) is 3. The van der Waals surface area contributed by atoms with Gasteiger partial charge < -0.3 is 20.9 Å². The summed E-state index contributed by atoms with van der Waals surface area (Å²) in [5.41, 5.74) is 5.48. The predicted octanol–water partition coefficient (Wildman–Crippen LogP) is 4.55. The number of amides is 2. The van der Waals surface area contributed by atoms with E-state index in [4.69, 9.17) is 0 Å². The van der Waals surface area contributed by atoms with Crippen LogP contribution in [0.15, 0.2) is 54.7 Å². The number of hydrogen-bond donors (Lipinski definition) is 3. The molecular weight excluding hydrogens is 352 g/mol. The lowest BCUT2D eigenvalue weighted by Gasteiger charge is -2.13. The monoisotopic (exact) mass is 376 g/mol. The highest BCUT2D eigenvalue weighted by Gasteiger charge is 2.06. The molecule has 0 aliphatic rings. The van der Waals surface area contributed by atoms with E-state index in [2.05, 4.69) is 26.1 Å². The fraction of sp³-hybridized carbons (Fsp3) is 0.190. The number of carbonyl (C=O) groups excluding carboxylic acids is 1. The Morgan fingerprint density at radius 3 is 2.32 bits per heavy atom. The highest BCUT2D eigenvalue weighted by molar-refractivity contribution is 6.00. The summed E-state index contributed by atoms with van der Waals surface area (Å²) in [5, 5.41) is 17.0. The van der Waals surface area contributed by atoms with E-state index in [1.54, 1.807) is 6.20 Å². The number of aryl methyl sites for hydroxylation is 2. The van der Waals surface area contributed by atoms with Gasteiger partial charge in [0.1, 0.15) is 0 Å². The van der Waals surface area contributed by atoms with Crippen molar-refractivity contribution in [2.24, 2.45) is 0 Å². The van der Waals surface area contributed by atoms with Gasteiger partial charge in [-0.05, 0) is 49.7 Å². The number of nitrogens with one attached hydrogen (secondary N) is 3. The number of rotatable bonds is 5. The molecule has 0 saturated carbocycles. The van der Waals surface area contributed by atoms with Crippen LogP contribution in [0.25, 0.3) is 0 Å². The summed E-state index contributed by atoms with van der Waals surface area (Å²) < 4.78 is 0. The Morgan fingerprint density at radius 2 is 1.64 bits per heavy atom. The van der Waals surface area contributed by atoms with Crippen LogP contribution >= 0.6 is 0 Å². The van der Waals surface area contributed by atoms with Gasteiger partial charge in [-0.3, -0.25) is 0 Å². The van der Waals surface area contributed by atoms with Gasteiger partial charge >= 0.3 is 6.03 Å². The van der Waals surface area contributed by atoms with Crippen molar-refractivity contribution >= 4 is 34.6 Å². The Labute approximate surface area is 164 Å². The molecule has 3 N–H and O–H groups in total. The third-order valence-corrected chi connectivity index (χ3v) is 4.20. The van der Waals surface area contributed by atoms with Crippen LogP contribution in [0.1, 0.15) is 11.1 Å². The van der Waals surface area contributed by atoms with Crippen molar-refractivity contribution in [3.8, 4) is 0 Å². The standard InChI is InChI=1S/C21H24N6O/c1-14-5-10-19(15(2)11-14)25-21(28)24-17-8-6-16(7-9-17)23-20-12-18(27(3)4)13-22-26-20/h5-13H,1-4H3,(H,23,26)(H2,24,25,28). The molecule has 3 aromatic rings. The fourth-order valence-electron chi connectivity index (χ4n) is 2.69. The first kappa shape index (κ1) is 19.2. The van der Waals surface area contributed by atoms with E-state index in [0.717, 1.165) is 28.2 Å². The second-order valence-electron chi connectivity index (χ2n) is 6.79. The van der Waals surface area contributed by atoms with Crippen molar-refractivity contribution in [1.29, 1.82) is 0 Å². The lowest BCUT2D eigenvalue weighted by molar-refractivity contribution is 0.262. The molecule has 0 radical (unpaired) electrons. The zero-order valence-corrected chi connectivity index (χ0v) is 16.4. The lowest BCUT2D eigenvalue weighted by atomic mass is 10.1. The molecule has 2 aromatic carbocycles. The van der Waals surface area contributed by atoms with E-state index in [0.29, 0.717) is 11.5 Å². The Hall–Kier alpha value is -3.61. The van der Waals surface area contributed by atoms with Gasteiger partial charge in [0.25, 0.3) is 0 Å². The highest BCUT2D eigenvalue weighted by atomic mass is 16.2. The first-order valence-corrected chi connectivity index (χ1v) is 8.93. The molecule has 7 nitrogen and oxygen atoms in total. The van der Waals surface area contributed by atoms with Crippen LogP contribution in [0, 0.1) is 13.8 Å². The Bertz CT molecular complexity index is 969.